The Hall–Kier alpha value is -3.86. The van der Waals surface area contributed by atoms with E-state index in [4.69, 9.17) is 4.74 Å². The normalized spacial score (nSPS) is 14.2. The summed E-state index contributed by atoms with van der Waals surface area (Å²) in [6.07, 6.45) is 0. The maximum absolute atomic E-state index is 13.6. The molecule has 3 aromatic carbocycles. The highest BCUT2D eigenvalue weighted by molar-refractivity contribution is 6.46. The van der Waals surface area contributed by atoms with Crippen molar-refractivity contribution >= 4 is 28.8 Å². The largest absolute Gasteiger partial charge is 0.495 e. The van der Waals surface area contributed by atoms with Crippen LogP contribution in [0.15, 0.2) is 78.5 Å². The molecule has 0 radical (unpaired) electrons. The van der Waals surface area contributed by atoms with Gasteiger partial charge >= 0.3 is 0 Å². The topological polar surface area (TPSA) is 58.6 Å². The SMILES string of the molecule is COc1ccc(C)cc1N1C(=O)C(Nc2ccc(C(C)(C)C)cc2)=C(c2ccccc2)C1=O. The minimum Gasteiger partial charge on any atom is -0.495 e. The van der Waals surface area contributed by atoms with E-state index in [1.165, 1.54) is 17.6 Å². The quantitative estimate of drug-likeness (QED) is 0.517. The van der Waals surface area contributed by atoms with Gasteiger partial charge in [0.1, 0.15) is 11.4 Å². The molecule has 1 aliphatic rings. The number of aryl methyl sites for hydroxylation is 1. The first-order chi connectivity index (χ1) is 15.7. The Morgan fingerprint density at radius 2 is 1.52 bits per heavy atom. The summed E-state index contributed by atoms with van der Waals surface area (Å²) in [6, 6.07) is 22.6. The number of imide groups is 1. The van der Waals surface area contributed by atoms with E-state index in [2.05, 4.69) is 26.1 Å². The van der Waals surface area contributed by atoms with Gasteiger partial charge < -0.3 is 10.1 Å². The van der Waals surface area contributed by atoms with Crippen molar-refractivity contribution in [1.82, 2.24) is 0 Å². The van der Waals surface area contributed by atoms with Crippen LogP contribution >= 0.6 is 0 Å². The third kappa shape index (κ3) is 4.27. The van der Waals surface area contributed by atoms with Gasteiger partial charge in [-0.05, 0) is 53.3 Å². The molecule has 2 amide bonds. The molecule has 0 fully saturated rings. The second-order valence-electron chi connectivity index (χ2n) is 9.19. The van der Waals surface area contributed by atoms with Crippen LogP contribution in [0.4, 0.5) is 11.4 Å². The predicted octanol–water partition coefficient (Wildman–Crippen LogP) is 5.70. The second-order valence-corrected chi connectivity index (χ2v) is 9.19. The van der Waals surface area contributed by atoms with Crippen molar-refractivity contribution in [2.75, 3.05) is 17.3 Å². The maximum atomic E-state index is 13.6. The van der Waals surface area contributed by atoms with Crippen molar-refractivity contribution in [3.8, 4) is 5.75 Å². The second kappa shape index (κ2) is 8.58. The number of carbonyl (C=O) groups excluding carboxylic acids is 2. The van der Waals surface area contributed by atoms with Crippen molar-refractivity contribution in [2.45, 2.75) is 33.1 Å². The zero-order valence-corrected chi connectivity index (χ0v) is 19.6. The molecule has 1 heterocycles. The van der Waals surface area contributed by atoms with Crippen molar-refractivity contribution in [2.24, 2.45) is 0 Å². The molecule has 0 saturated carbocycles. The number of nitrogens with one attached hydrogen (secondary N) is 1. The van der Waals surface area contributed by atoms with Crippen LogP contribution in [0.25, 0.3) is 5.57 Å². The molecular weight excluding hydrogens is 412 g/mol. The Morgan fingerprint density at radius 3 is 2.12 bits per heavy atom. The number of methoxy groups -OCH3 is 1. The zero-order valence-electron chi connectivity index (χ0n) is 19.6. The molecule has 0 atom stereocenters. The van der Waals surface area contributed by atoms with E-state index in [1.54, 1.807) is 12.1 Å². The molecule has 33 heavy (non-hydrogen) atoms. The van der Waals surface area contributed by atoms with Gasteiger partial charge in [-0.1, -0.05) is 69.3 Å². The average molecular weight is 441 g/mol. The molecule has 0 saturated heterocycles. The number of ether oxygens (including phenoxy) is 1. The summed E-state index contributed by atoms with van der Waals surface area (Å²) in [6.45, 7) is 8.36. The third-order valence-corrected chi connectivity index (χ3v) is 5.74. The summed E-state index contributed by atoms with van der Waals surface area (Å²) in [5.41, 5.74) is 4.56. The van der Waals surface area contributed by atoms with Gasteiger partial charge in [-0.15, -0.1) is 0 Å². The van der Waals surface area contributed by atoms with Gasteiger partial charge in [0, 0.05) is 5.69 Å². The van der Waals surface area contributed by atoms with Crippen LogP contribution < -0.4 is 15.0 Å². The van der Waals surface area contributed by atoms with Crippen molar-refractivity contribution in [1.29, 1.82) is 0 Å². The van der Waals surface area contributed by atoms with E-state index in [-0.39, 0.29) is 17.0 Å². The van der Waals surface area contributed by atoms with Crippen LogP contribution in [0.2, 0.25) is 0 Å². The number of hydrogen-bond acceptors (Lipinski definition) is 4. The van der Waals surface area contributed by atoms with Crippen LogP contribution in [-0.2, 0) is 15.0 Å². The van der Waals surface area contributed by atoms with Gasteiger partial charge in [0.05, 0.1) is 18.4 Å². The van der Waals surface area contributed by atoms with Crippen molar-refractivity contribution in [3.63, 3.8) is 0 Å². The minimum absolute atomic E-state index is 0.0185. The van der Waals surface area contributed by atoms with E-state index in [0.29, 0.717) is 22.6 Å². The minimum atomic E-state index is -0.414. The first-order valence-electron chi connectivity index (χ1n) is 10.9. The maximum Gasteiger partial charge on any atom is 0.282 e. The summed E-state index contributed by atoms with van der Waals surface area (Å²) < 4.78 is 5.46. The molecule has 0 spiro atoms. The van der Waals surface area contributed by atoms with E-state index in [0.717, 1.165) is 11.3 Å². The Morgan fingerprint density at radius 1 is 0.848 bits per heavy atom. The smallest absolute Gasteiger partial charge is 0.282 e. The lowest BCUT2D eigenvalue weighted by Crippen LogP contribution is -2.32. The lowest BCUT2D eigenvalue weighted by atomic mass is 9.87. The van der Waals surface area contributed by atoms with E-state index in [1.807, 2.05) is 67.6 Å². The van der Waals surface area contributed by atoms with Gasteiger partial charge in [0.2, 0.25) is 0 Å². The zero-order chi connectivity index (χ0) is 23.8. The Bertz CT molecular complexity index is 1240. The summed E-state index contributed by atoms with van der Waals surface area (Å²) in [4.78, 5) is 28.5. The average Bonchev–Trinajstić information content (AvgIpc) is 3.03. The molecule has 0 unspecified atom stereocenters. The van der Waals surface area contributed by atoms with E-state index in [9.17, 15) is 9.59 Å². The fourth-order valence-electron chi connectivity index (χ4n) is 3.91. The molecule has 168 valence electrons. The van der Waals surface area contributed by atoms with Crippen LogP contribution in [0, 0.1) is 6.92 Å². The molecule has 4 rings (SSSR count). The third-order valence-electron chi connectivity index (χ3n) is 5.74. The Labute approximate surface area is 194 Å². The number of anilines is 2. The molecule has 1 N–H and O–H groups in total. The summed E-state index contributed by atoms with van der Waals surface area (Å²) in [5, 5.41) is 3.23. The number of hydrogen-bond donors (Lipinski definition) is 1. The van der Waals surface area contributed by atoms with Gasteiger partial charge in [0.25, 0.3) is 11.8 Å². The monoisotopic (exact) mass is 440 g/mol. The summed E-state index contributed by atoms with van der Waals surface area (Å²) in [5.74, 6) is -0.336. The van der Waals surface area contributed by atoms with Crippen LogP contribution in [0.3, 0.4) is 0 Å². The predicted molar refractivity (Wildman–Crippen MR) is 132 cm³/mol. The molecule has 5 heteroatoms. The Balaban J connectivity index is 1.80. The number of benzene rings is 3. The highest BCUT2D eigenvalue weighted by Gasteiger charge is 2.41. The standard InChI is InChI=1S/C28H28N2O3/c1-18-11-16-23(33-5)22(17-18)30-26(31)24(19-9-7-6-8-10-19)25(27(30)32)29-21-14-12-20(13-15-21)28(2,3)4/h6-17,29H,1-5H3. The van der Waals surface area contributed by atoms with Gasteiger partial charge in [0.15, 0.2) is 0 Å². The van der Waals surface area contributed by atoms with E-state index < -0.39 is 5.91 Å². The Kier molecular flexibility index (Phi) is 5.81. The van der Waals surface area contributed by atoms with Crippen molar-refractivity contribution in [3.05, 3.63) is 95.2 Å². The molecule has 0 aliphatic carbocycles. The lowest BCUT2D eigenvalue weighted by Gasteiger charge is -2.20. The first kappa shape index (κ1) is 22.3. The molecule has 0 bridgehead atoms. The molecule has 1 aliphatic heterocycles. The van der Waals surface area contributed by atoms with Gasteiger partial charge in [-0.25, -0.2) is 4.90 Å². The van der Waals surface area contributed by atoms with Gasteiger partial charge in [-0.3, -0.25) is 9.59 Å². The van der Waals surface area contributed by atoms with Crippen LogP contribution in [-0.4, -0.2) is 18.9 Å². The lowest BCUT2D eigenvalue weighted by molar-refractivity contribution is -0.120. The fourth-order valence-corrected chi connectivity index (χ4v) is 3.91. The number of amides is 2. The molecular formula is C28H28N2O3. The number of carbonyl (C=O) groups is 2. The number of rotatable bonds is 5. The highest BCUT2D eigenvalue weighted by Crippen LogP contribution is 2.38. The summed E-state index contributed by atoms with van der Waals surface area (Å²) >= 11 is 0. The van der Waals surface area contributed by atoms with Crippen LogP contribution in [0.1, 0.15) is 37.5 Å². The molecule has 0 aromatic heterocycles. The molecule has 3 aromatic rings. The molecule has 5 nitrogen and oxygen atoms in total. The number of nitrogens with zero attached hydrogens (tertiary/aromatic N) is 1. The summed E-state index contributed by atoms with van der Waals surface area (Å²) in [7, 11) is 1.53. The fraction of sp³-hybridized carbons (Fsp3) is 0.214. The van der Waals surface area contributed by atoms with Gasteiger partial charge in [-0.2, -0.15) is 0 Å². The first-order valence-corrected chi connectivity index (χ1v) is 10.9. The highest BCUT2D eigenvalue weighted by atomic mass is 16.5. The van der Waals surface area contributed by atoms with Crippen LogP contribution in [0.5, 0.6) is 5.75 Å². The van der Waals surface area contributed by atoms with Crippen molar-refractivity contribution < 1.29 is 14.3 Å². The van der Waals surface area contributed by atoms with E-state index >= 15 is 0 Å².